The van der Waals surface area contributed by atoms with Crippen molar-refractivity contribution in [2.45, 2.75) is 51.5 Å². The molecule has 1 aromatic carbocycles. The number of aromatic nitrogens is 1. The lowest BCUT2D eigenvalue weighted by atomic mass is 9.93. The van der Waals surface area contributed by atoms with Crippen LogP contribution in [0.5, 0.6) is 0 Å². The lowest BCUT2D eigenvalue weighted by Gasteiger charge is -2.22. The standard InChI is InChI=1S/C28H31N3O4S2/c1-16-20-4-2-3-5-21(20)30-25(16)26(33)31-22(27(34)35)8-9-23(32)24-15-18-14-19(36-28(18)37-24)7-6-17-10-12-29-13-11-17/h2-5,14-15,17,22,29-30H,6-13H2,1H3,(H,31,33)(H,34,35). The van der Waals surface area contributed by atoms with Crippen LogP contribution in [-0.4, -0.2) is 46.9 Å². The molecule has 1 unspecified atom stereocenters. The Labute approximate surface area is 223 Å². The molecule has 4 heterocycles. The van der Waals surface area contributed by atoms with Crippen LogP contribution >= 0.6 is 22.7 Å². The Bertz CT molecular complexity index is 1410. The van der Waals surface area contributed by atoms with Gasteiger partial charge in [0.05, 0.1) is 8.89 Å². The summed E-state index contributed by atoms with van der Waals surface area (Å²) in [5.74, 6) is -0.934. The summed E-state index contributed by atoms with van der Waals surface area (Å²) in [4.78, 5) is 42.7. The molecule has 0 aliphatic carbocycles. The van der Waals surface area contributed by atoms with E-state index < -0.39 is 17.9 Å². The van der Waals surface area contributed by atoms with Crippen molar-refractivity contribution in [1.29, 1.82) is 0 Å². The van der Waals surface area contributed by atoms with E-state index in [1.165, 1.54) is 35.5 Å². The monoisotopic (exact) mass is 537 g/mol. The van der Waals surface area contributed by atoms with Gasteiger partial charge in [0.25, 0.3) is 5.91 Å². The second kappa shape index (κ2) is 11.2. The van der Waals surface area contributed by atoms with Gasteiger partial charge >= 0.3 is 5.97 Å². The SMILES string of the molecule is Cc1c(C(=O)NC(CCC(=O)c2cc3cc(CCC4CCNCC4)sc3s2)C(=O)O)[nH]c2ccccc12. The van der Waals surface area contributed by atoms with Crippen LogP contribution < -0.4 is 10.6 Å². The van der Waals surface area contributed by atoms with Crippen LogP contribution in [0.15, 0.2) is 36.4 Å². The first kappa shape index (κ1) is 25.6. The first-order chi connectivity index (χ1) is 17.9. The highest BCUT2D eigenvalue weighted by Gasteiger charge is 2.25. The summed E-state index contributed by atoms with van der Waals surface area (Å²) in [6.45, 7) is 4.06. The number of hydrogen-bond donors (Lipinski definition) is 4. The van der Waals surface area contributed by atoms with E-state index in [2.05, 4.69) is 21.7 Å². The summed E-state index contributed by atoms with van der Waals surface area (Å²) in [6, 6.07) is 10.5. The van der Waals surface area contributed by atoms with Gasteiger partial charge in [0.1, 0.15) is 11.7 Å². The van der Waals surface area contributed by atoms with E-state index in [9.17, 15) is 19.5 Å². The zero-order valence-electron chi connectivity index (χ0n) is 20.8. The summed E-state index contributed by atoms with van der Waals surface area (Å²) in [6.07, 6.45) is 4.87. The molecular weight excluding hydrogens is 506 g/mol. The Balaban J connectivity index is 1.18. The maximum absolute atomic E-state index is 12.9. The number of hydrogen-bond acceptors (Lipinski definition) is 6. The number of fused-ring (bicyclic) bond motifs is 2. The second-order valence-electron chi connectivity index (χ2n) is 9.79. The van der Waals surface area contributed by atoms with E-state index in [0.717, 1.165) is 51.3 Å². The molecule has 1 atom stereocenters. The summed E-state index contributed by atoms with van der Waals surface area (Å²) >= 11 is 3.24. The van der Waals surface area contributed by atoms with Crippen molar-refractivity contribution in [3.63, 3.8) is 0 Å². The van der Waals surface area contributed by atoms with Gasteiger partial charge in [-0.3, -0.25) is 9.59 Å². The number of H-pyrrole nitrogens is 1. The van der Waals surface area contributed by atoms with Crippen LogP contribution in [0, 0.1) is 12.8 Å². The highest BCUT2D eigenvalue weighted by molar-refractivity contribution is 7.39. The fourth-order valence-electron chi connectivity index (χ4n) is 5.06. The Morgan fingerprint density at radius 3 is 2.65 bits per heavy atom. The van der Waals surface area contributed by atoms with Crippen LogP contribution in [-0.2, 0) is 11.2 Å². The maximum atomic E-state index is 12.9. The molecule has 7 nitrogen and oxygen atoms in total. The number of aliphatic carboxylic acids is 1. The van der Waals surface area contributed by atoms with E-state index >= 15 is 0 Å². The van der Waals surface area contributed by atoms with Gasteiger partial charge in [-0.15, -0.1) is 22.7 Å². The van der Waals surface area contributed by atoms with Gasteiger partial charge in [0.2, 0.25) is 0 Å². The number of benzene rings is 1. The zero-order valence-corrected chi connectivity index (χ0v) is 22.4. The van der Waals surface area contributed by atoms with Gasteiger partial charge in [-0.2, -0.15) is 0 Å². The first-order valence-corrected chi connectivity index (χ1v) is 14.4. The summed E-state index contributed by atoms with van der Waals surface area (Å²) in [5.41, 5.74) is 1.93. The predicted octanol–water partition coefficient (Wildman–Crippen LogP) is 5.53. The van der Waals surface area contributed by atoms with Crippen molar-refractivity contribution in [2.24, 2.45) is 5.92 Å². The number of piperidine rings is 1. The van der Waals surface area contributed by atoms with E-state index in [-0.39, 0.29) is 18.6 Å². The van der Waals surface area contributed by atoms with Crippen LogP contribution in [0.3, 0.4) is 0 Å². The average molecular weight is 538 g/mol. The number of thiophene rings is 2. The largest absolute Gasteiger partial charge is 0.480 e. The molecule has 194 valence electrons. The van der Waals surface area contributed by atoms with Crippen LogP contribution in [0.2, 0.25) is 0 Å². The number of aryl methyl sites for hydroxylation is 2. The summed E-state index contributed by atoms with van der Waals surface area (Å²) < 4.78 is 1.14. The summed E-state index contributed by atoms with van der Waals surface area (Å²) in [7, 11) is 0. The molecule has 1 aliphatic rings. The van der Waals surface area contributed by atoms with Crippen LogP contribution in [0.25, 0.3) is 20.3 Å². The third kappa shape index (κ3) is 5.79. The number of nitrogens with one attached hydrogen (secondary N) is 3. The number of rotatable bonds is 10. The molecule has 0 bridgehead atoms. The summed E-state index contributed by atoms with van der Waals surface area (Å²) in [5, 5.41) is 17.7. The molecule has 5 rings (SSSR count). The van der Waals surface area contributed by atoms with Gasteiger partial charge < -0.3 is 20.7 Å². The Morgan fingerprint density at radius 2 is 1.92 bits per heavy atom. The number of ketones is 1. The molecule has 0 spiro atoms. The van der Waals surface area contributed by atoms with E-state index in [1.54, 1.807) is 11.3 Å². The minimum atomic E-state index is -1.15. The lowest BCUT2D eigenvalue weighted by molar-refractivity contribution is -0.139. The minimum absolute atomic E-state index is 0.0340. The molecule has 37 heavy (non-hydrogen) atoms. The van der Waals surface area contributed by atoms with E-state index in [1.807, 2.05) is 37.3 Å². The fraction of sp³-hybridized carbons (Fsp3) is 0.393. The number of carboxylic acid groups (broad SMARTS) is 1. The molecular formula is C28H31N3O4S2. The van der Waals surface area contributed by atoms with E-state index in [0.29, 0.717) is 10.6 Å². The van der Waals surface area contributed by atoms with Gasteiger partial charge in [-0.1, -0.05) is 18.2 Å². The van der Waals surface area contributed by atoms with Gasteiger partial charge in [-0.05, 0) is 81.8 Å². The van der Waals surface area contributed by atoms with Crippen molar-refractivity contribution in [3.05, 3.63) is 57.4 Å². The van der Waals surface area contributed by atoms with Crippen molar-refractivity contribution in [2.75, 3.05) is 13.1 Å². The number of para-hydroxylation sites is 1. The van der Waals surface area contributed by atoms with Crippen LogP contribution in [0.4, 0.5) is 0 Å². The van der Waals surface area contributed by atoms with Crippen molar-refractivity contribution in [3.8, 4) is 0 Å². The number of amides is 1. The highest BCUT2D eigenvalue weighted by atomic mass is 32.2. The Kier molecular flexibility index (Phi) is 7.73. The third-order valence-electron chi connectivity index (χ3n) is 7.25. The smallest absolute Gasteiger partial charge is 0.326 e. The average Bonchev–Trinajstić information content (AvgIpc) is 3.57. The molecule has 4 N–H and O–H groups in total. The molecule has 0 saturated carbocycles. The predicted molar refractivity (Wildman–Crippen MR) is 149 cm³/mol. The molecule has 9 heteroatoms. The number of carbonyl (C=O) groups is 3. The first-order valence-electron chi connectivity index (χ1n) is 12.8. The van der Waals surface area contributed by atoms with Gasteiger partial charge in [-0.25, -0.2) is 4.79 Å². The molecule has 1 amide bonds. The highest BCUT2D eigenvalue weighted by Crippen LogP contribution is 2.35. The van der Waals surface area contributed by atoms with Crippen LogP contribution in [0.1, 0.15) is 62.7 Å². The van der Waals surface area contributed by atoms with Gasteiger partial charge in [0.15, 0.2) is 5.78 Å². The topological polar surface area (TPSA) is 111 Å². The Morgan fingerprint density at radius 1 is 1.14 bits per heavy atom. The minimum Gasteiger partial charge on any atom is -0.480 e. The quantitative estimate of drug-likeness (QED) is 0.199. The van der Waals surface area contributed by atoms with Gasteiger partial charge in [0, 0.05) is 27.6 Å². The van der Waals surface area contributed by atoms with E-state index in [4.69, 9.17) is 0 Å². The third-order valence-corrected chi connectivity index (χ3v) is 9.75. The molecule has 3 aromatic heterocycles. The van der Waals surface area contributed by atoms with Crippen molar-refractivity contribution < 1.29 is 19.5 Å². The number of carbonyl (C=O) groups excluding carboxylic acids is 2. The lowest BCUT2D eigenvalue weighted by Crippen LogP contribution is -2.41. The van der Waals surface area contributed by atoms with Crippen molar-refractivity contribution in [1.82, 2.24) is 15.6 Å². The number of Topliss-reactive ketones (excluding diaryl/α,β-unsaturated/α-hetero) is 1. The Hall–Kier alpha value is -3.01. The molecule has 1 saturated heterocycles. The molecule has 1 aliphatic heterocycles. The maximum Gasteiger partial charge on any atom is 0.326 e. The number of aromatic amines is 1. The number of carboxylic acids is 1. The second-order valence-corrected chi connectivity index (χ2v) is 12.2. The normalized spacial score (nSPS) is 15.3. The fourth-order valence-corrected chi connectivity index (χ4v) is 7.54. The molecule has 0 radical (unpaired) electrons. The molecule has 1 fully saturated rings. The zero-order chi connectivity index (χ0) is 25.9. The van der Waals surface area contributed by atoms with Crippen molar-refractivity contribution >= 4 is 60.6 Å². The molecule has 4 aromatic rings.